The third-order valence-corrected chi connectivity index (χ3v) is 5.20. The number of fused-ring (bicyclic) bond motifs is 1. The Labute approximate surface area is 185 Å². The number of aromatic nitrogens is 5. The molecule has 0 unspecified atom stereocenters. The number of anilines is 1. The lowest BCUT2D eigenvalue weighted by Gasteiger charge is -2.31. The first kappa shape index (κ1) is 22.6. The molecule has 0 fully saturated rings. The average molecular weight is 466 g/mol. The maximum atomic E-state index is 13.3. The van der Waals surface area contributed by atoms with E-state index in [0.717, 1.165) is 16.5 Å². The van der Waals surface area contributed by atoms with E-state index < -0.39 is 30.6 Å². The van der Waals surface area contributed by atoms with E-state index in [1.54, 1.807) is 0 Å². The molecular weight excluding hydrogens is 447 g/mol. The molecule has 0 amide bonds. The fourth-order valence-electron chi connectivity index (χ4n) is 3.52. The summed E-state index contributed by atoms with van der Waals surface area (Å²) in [6.07, 6.45) is -2.79. The van der Waals surface area contributed by atoms with Crippen LogP contribution in [0.1, 0.15) is 19.0 Å². The predicted molar refractivity (Wildman–Crippen MR) is 110 cm³/mol. The number of nitrogens with zero attached hydrogens (tertiary/aromatic N) is 6. The Bertz CT molecular complexity index is 1220. The second kappa shape index (κ2) is 8.75. The van der Waals surface area contributed by atoms with Crippen LogP contribution in [0.15, 0.2) is 54.2 Å². The van der Waals surface area contributed by atoms with Gasteiger partial charge in [0, 0.05) is 24.9 Å². The van der Waals surface area contributed by atoms with Crippen molar-refractivity contribution in [2.24, 2.45) is 0 Å². The number of hydrogen-bond donors (Lipinski definition) is 0. The van der Waals surface area contributed by atoms with E-state index in [0.29, 0.717) is 29.9 Å². The molecule has 3 aromatic heterocycles. The van der Waals surface area contributed by atoms with E-state index in [1.807, 2.05) is 11.8 Å². The van der Waals surface area contributed by atoms with Gasteiger partial charge in [0.1, 0.15) is 23.6 Å². The van der Waals surface area contributed by atoms with Gasteiger partial charge in [-0.2, -0.15) is 18.3 Å². The quantitative estimate of drug-likeness (QED) is 0.390. The van der Waals surface area contributed by atoms with Crippen LogP contribution in [-0.2, 0) is 12.7 Å². The Balaban J connectivity index is 1.57. The van der Waals surface area contributed by atoms with Crippen molar-refractivity contribution in [3.05, 3.63) is 59.9 Å². The van der Waals surface area contributed by atoms with E-state index in [-0.39, 0.29) is 18.0 Å². The Morgan fingerprint density at radius 3 is 2.76 bits per heavy atom. The minimum Gasteiger partial charge on any atom is -0.455 e. The first-order chi connectivity index (χ1) is 15.6. The maximum absolute atomic E-state index is 13.3. The zero-order valence-corrected chi connectivity index (χ0v) is 17.5. The molecule has 0 atom stereocenters. The van der Waals surface area contributed by atoms with Crippen molar-refractivity contribution in [3.63, 3.8) is 0 Å². The van der Waals surface area contributed by atoms with Gasteiger partial charge in [0.05, 0.1) is 12.4 Å². The summed E-state index contributed by atoms with van der Waals surface area (Å²) < 4.78 is 72.0. The third kappa shape index (κ3) is 4.78. The molecule has 0 aliphatic carbocycles. The van der Waals surface area contributed by atoms with Crippen LogP contribution < -0.4 is 9.64 Å². The van der Waals surface area contributed by atoms with Crippen LogP contribution in [0.4, 0.5) is 27.8 Å². The Morgan fingerprint density at radius 1 is 1.24 bits per heavy atom. The van der Waals surface area contributed by atoms with Crippen LogP contribution in [0.2, 0.25) is 0 Å². The average Bonchev–Trinajstić information content (AvgIpc) is 3.15. The van der Waals surface area contributed by atoms with Crippen LogP contribution in [0.25, 0.3) is 11.2 Å². The molecule has 0 spiro atoms. The van der Waals surface area contributed by atoms with Gasteiger partial charge in [-0.3, -0.25) is 0 Å². The van der Waals surface area contributed by atoms with Gasteiger partial charge in [-0.05, 0) is 25.5 Å². The smallest absolute Gasteiger partial charge is 0.437 e. The number of ether oxygens (including phenoxy) is 1. The molecule has 4 rings (SSSR count). The van der Waals surface area contributed by atoms with Crippen molar-refractivity contribution in [2.75, 3.05) is 18.0 Å². The first-order valence-electron chi connectivity index (χ1n) is 9.93. The van der Waals surface area contributed by atoms with Gasteiger partial charge in [0.25, 0.3) is 6.43 Å². The first-order valence-corrected chi connectivity index (χ1v) is 9.93. The Morgan fingerprint density at radius 2 is 2.03 bits per heavy atom. The molecule has 7 nitrogen and oxygen atoms in total. The van der Waals surface area contributed by atoms with Crippen molar-refractivity contribution in [2.45, 2.75) is 32.5 Å². The molecule has 1 aliphatic rings. The van der Waals surface area contributed by atoms with Crippen LogP contribution in [0, 0.1) is 0 Å². The van der Waals surface area contributed by atoms with Crippen molar-refractivity contribution in [3.8, 4) is 5.75 Å². The molecule has 0 radical (unpaired) electrons. The lowest BCUT2D eigenvalue weighted by Crippen LogP contribution is -2.33. The van der Waals surface area contributed by atoms with Crippen LogP contribution >= 0.6 is 0 Å². The van der Waals surface area contributed by atoms with Crippen LogP contribution in [0.3, 0.4) is 0 Å². The highest BCUT2D eigenvalue weighted by molar-refractivity contribution is 5.71. The highest BCUT2D eigenvalue weighted by Gasteiger charge is 2.36. The fraction of sp³-hybridized carbons (Fsp3) is 0.333. The third-order valence-electron chi connectivity index (χ3n) is 5.20. The molecule has 1 aliphatic heterocycles. The predicted octanol–water partition coefficient (Wildman–Crippen LogP) is 4.62. The molecule has 33 heavy (non-hydrogen) atoms. The number of pyridine rings is 1. The minimum absolute atomic E-state index is 0.0625. The Hall–Kier alpha value is -3.57. The van der Waals surface area contributed by atoms with E-state index in [2.05, 4.69) is 26.6 Å². The molecule has 4 heterocycles. The van der Waals surface area contributed by atoms with Crippen molar-refractivity contribution >= 4 is 17.0 Å². The summed E-state index contributed by atoms with van der Waals surface area (Å²) in [6, 6.07) is 2.53. The van der Waals surface area contributed by atoms with Crippen molar-refractivity contribution in [1.29, 1.82) is 0 Å². The van der Waals surface area contributed by atoms with Gasteiger partial charge in [0.2, 0.25) is 0 Å². The number of hydrogen-bond acceptors (Lipinski definition) is 6. The summed E-state index contributed by atoms with van der Waals surface area (Å²) in [7, 11) is 0. The fourth-order valence-corrected chi connectivity index (χ4v) is 3.52. The second-order valence-corrected chi connectivity index (χ2v) is 7.46. The highest BCUT2D eigenvalue weighted by Crippen LogP contribution is 2.36. The minimum atomic E-state index is -4.68. The summed E-state index contributed by atoms with van der Waals surface area (Å²) in [4.78, 5) is 13.9. The monoisotopic (exact) mass is 466 g/mol. The summed E-state index contributed by atoms with van der Waals surface area (Å²) in [5.41, 5.74) is 0.987. The molecular formula is C21H19F5N6O. The molecule has 0 aromatic carbocycles. The standard InChI is InChI=1S/C21H19F5N6O/c1-12-5-7-31(18-9-28-15-8-29-32(11-17(22)23)20(15)30-18)10-14(12)13(2)33-16-4-3-6-27-19(16)21(24,25)26/h3-4,6,8-9,17H,2,5,7,10-11H2,1H3. The van der Waals surface area contributed by atoms with E-state index >= 15 is 0 Å². The topological polar surface area (TPSA) is 69.0 Å². The lowest BCUT2D eigenvalue weighted by atomic mass is 10.0. The molecule has 12 heteroatoms. The molecule has 0 N–H and O–H groups in total. The second-order valence-electron chi connectivity index (χ2n) is 7.46. The Kier molecular flexibility index (Phi) is 6.00. The molecule has 3 aromatic rings. The molecule has 0 bridgehead atoms. The van der Waals surface area contributed by atoms with E-state index in [9.17, 15) is 22.0 Å². The summed E-state index contributed by atoms with van der Waals surface area (Å²) >= 11 is 0. The summed E-state index contributed by atoms with van der Waals surface area (Å²) in [6.45, 7) is 5.86. The maximum Gasteiger partial charge on any atom is 0.437 e. The number of alkyl halides is 5. The number of halogens is 5. The summed E-state index contributed by atoms with van der Waals surface area (Å²) in [5.74, 6) is 0.0469. The van der Waals surface area contributed by atoms with Gasteiger partial charge >= 0.3 is 6.18 Å². The lowest BCUT2D eigenvalue weighted by molar-refractivity contribution is -0.142. The number of rotatable bonds is 6. The van der Waals surface area contributed by atoms with Crippen molar-refractivity contribution < 1.29 is 26.7 Å². The van der Waals surface area contributed by atoms with E-state index in [1.165, 1.54) is 24.5 Å². The SMILES string of the molecule is C=C(Oc1cccnc1C(F)(F)F)C1=C(C)CCN(c2cnc3cnn(CC(F)F)c3n2)C1. The summed E-state index contributed by atoms with van der Waals surface area (Å²) in [5, 5.41) is 3.90. The van der Waals surface area contributed by atoms with Gasteiger partial charge in [-0.25, -0.2) is 28.4 Å². The van der Waals surface area contributed by atoms with Crippen LogP contribution in [-0.4, -0.2) is 44.2 Å². The molecule has 0 saturated heterocycles. The zero-order chi connectivity index (χ0) is 23.8. The zero-order valence-electron chi connectivity index (χ0n) is 17.5. The highest BCUT2D eigenvalue weighted by atomic mass is 19.4. The van der Waals surface area contributed by atoms with Crippen LogP contribution in [0.5, 0.6) is 5.75 Å². The van der Waals surface area contributed by atoms with Gasteiger partial charge in [0.15, 0.2) is 17.1 Å². The normalized spacial score (nSPS) is 14.9. The van der Waals surface area contributed by atoms with Gasteiger partial charge < -0.3 is 9.64 Å². The van der Waals surface area contributed by atoms with Crippen molar-refractivity contribution in [1.82, 2.24) is 24.7 Å². The van der Waals surface area contributed by atoms with E-state index in [4.69, 9.17) is 4.74 Å². The van der Waals surface area contributed by atoms with Gasteiger partial charge in [-0.1, -0.05) is 12.2 Å². The largest absolute Gasteiger partial charge is 0.455 e. The molecule has 174 valence electrons. The van der Waals surface area contributed by atoms with Gasteiger partial charge in [-0.15, -0.1) is 0 Å². The molecule has 0 saturated carbocycles.